The van der Waals surface area contributed by atoms with Crippen LogP contribution in [-0.2, 0) is 10.0 Å². The number of nitrogens with one attached hydrogen (secondary N) is 1. The molecule has 0 aromatic heterocycles. The standard InChI is InChI=1S/C22H18N2O6S/c1-28-15-11-14(12-16(13-15)29-2)22(25)30-19-9-5-4-8-18(19)23-21-17-7-3-6-10-20(17)31(26,27)24-21/h3-13H,1-2H3,(H,23,24). The summed E-state index contributed by atoms with van der Waals surface area (Å²) in [7, 11) is -0.812. The van der Waals surface area contributed by atoms with E-state index in [-0.39, 0.29) is 22.0 Å². The van der Waals surface area contributed by atoms with Crippen LogP contribution < -0.4 is 19.5 Å². The van der Waals surface area contributed by atoms with Crippen molar-refractivity contribution in [1.82, 2.24) is 0 Å². The van der Waals surface area contributed by atoms with E-state index in [1.165, 1.54) is 32.4 Å². The van der Waals surface area contributed by atoms with E-state index in [1.807, 2.05) is 0 Å². The maximum Gasteiger partial charge on any atom is 0.343 e. The van der Waals surface area contributed by atoms with E-state index in [2.05, 4.69) is 9.71 Å². The Hall–Kier alpha value is -3.85. The van der Waals surface area contributed by atoms with Gasteiger partial charge in [-0.3, -0.25) is 0 Å². The third kappa shape index (κ3) is 4.08. The fourth-order valence-corrected chi connectivity index (χ4v) is 4.24. The summed E-state index contributed by atoms with van der Waals surface area (Å²) in [6.45, 7) is 0. The number of hydrogen-bond donors (Lipinski definition) is 1. The molecule has 0 unspecified atom stereocenters. The first-order valence-corrected chi connectivity index (χ1v) is 10.6. The lowest BCUT2D eigenvalue weighted by molar-refractivity contribution is 0.0735. The minimum Gasteiger partial charge on any atom is -0.497 e. The second kappa shape index (κ2) is 8.11. The largest absolute Gasteiger partial charge is 0.497 e. The zero-order chi connectivity index (χ0) is 22.0. The first kappa shape index (κ1) is 20.4. The van der Waals surface area contributed by atoms with Crippen LogP contribution >= 0.6 is 0 Å². The Morgan fingerprint density at radius 2 is 1.55 bits per heavy atom. The summed E-state index contributed by atoms with van der Waals surface area (Å²) in [4.78, 5) is 12.9. The van der Waals surface area contributed by atoms with Gasteiger partial charge in [0.15, 0.2) is 11.6 Å². The van der Waals surface area contributed by atoms with Crippen LogP contribution in [0.15, 0.2) is 76.0 Å². The van der Waals surface area contributed by atoms with Crippen LogP contribution in [0.5, 0.6) is 17.2 Å². The van der Waals surface area contributed by atoms with E-state index < -0.39 is 16.0 Å². The molecule has 1 aliphatic heterocycles. The Balaban J connectivity index is 1.63. The second-order valence-electron chi connectivity index (χ2n) is 6.52. The number of esters is 1. The molecule has 3 aromatic rings. The zero-order valence-electron chi connectivity index (χ0n) is 16.7. The molecular formula is C22H18N2O6S. The van der Waals surface area contributed by atoms with Crippen molar-refractivity contribution in [2.75, 3.05) is 19.5 Å². The molecule has 0 spiro atoms. The number of amidine groups is 1. The van der Waals surface area contributed by atoms with Gasteiger partial charge < -0.3 is 19.5 Å². The number of nitrogens with zero attached hydrogens (tertiary/aromatic N) is 1. The molecule has 0 amide bonds. The Kier molecular flexibility index (Phi) is 5.35. The number of anilines is 1. The minimum atomic E-state index is -3.78. The van der Waals surface area contributed by atoms with Crippen LogP contribution in [0.4, 0.5) is 5.69 Å². The number of benzene rings is 3. The lowest BCUT2D eigenvalue weighted by Crippen LogP contribution is -2.14. The molecule has 0 fully saturated rings. The van der Waals surface area contributed by atoms with Gasteiger partial charge in [0.1, 0.15) is 16.4 Å². The number of methoxy groups -OCH3 is 2. The predicted molar refractivity (Wildman–Crippen MR) is 115 cm³/mol. The Morgan fingerprint density at radius 1 is 0.903 bits per heavy atom. The van der Waals surface area contributed by atoms with Gasteiger partial charge in [-0.1, -0.05) is 24.3 Å². The highest BCUT2D eigenvalue weighted by Crippen LogP contribution is 2.31. The van der Waals surface area contributed by atoms with E-state index in [1.54, 1.807) is 48.5 Å². The maximum atomic E-state index is 12.8. The van der Waals surface area contributed by atoms with E-state index in [0.717, 1.165) is 0 Å². The van der Waals surface area contributed by atoms with E-state index in [9.17, 15) is 13.2 Å². The number of carbonyl (C=O) groups is 1. The van der Waals surface area contributed by atoms with Gasteiger partial charge in [-0.15, -0.1) is 4.40 Å². The summed E-state index contributed by atoms with van der Waals surface area (Å²) in [6.07, 6.45) is 0. The average Bonchev–Trinajstić information content (AvgIpc) is 3.04. The Morgan fingerprint density at radius 3 is 2.26 bits per heavy atom. The van der Waals surface area contributed by atoms with Gasteiger partial charge in [-0.2, -0.15) is 8.42 Å². The van der Waals surface area contributed by atoms with Crippen LogP contribution in [0.3, 0.4) is 0 Å². The van der Waals surface area contributed by atoms with Gasteiger partial charge in [0, 0.05) is 11.6 Å². The Bertz CT molecular complexity index is 1280. The highest BCUT2D eigenvalue weighted by atomic mass is 32.2. The first-order valence-electron chi connectivity index (χ1n) is 9.17. The molecule has 0 aliphatic carbocycles. The summed E-state index contributed by atoms with van der Waals surface area (Å²) < 4.78 is 44.3. The Labute approximate surface area is 179 Å². The number of ether oxygens (including phenoxy) is 3. The van der Waals surface area contributed by atoms with Gasteiger partial charge >= 0.3 is 5.97 Å². The molecular weight excluding hydrogens is 420 g/mol. The number of sulfonamides is 1. The highest BCUT2D eigenvalue weighted by Gasteiger charge is 2.29. The average molecular weight is 438 g/mol. The topological polar surface area (TPSA) is 103 Å². The van der Waals surface area contributed by atoms with Crippen LogP contribution in [0.2, 0.25) is 0 Å². The molecule has 0 saturated carbocycles. The van der Waals surface area contributed by atoms with Crippen molar-refractivity contribution in [3.8, 4) is 17.2 Å². The fraction of sp³-hybridized carbons (Fsp3) is 0.0909. The third-order valence-electron chi connectivity index (χ3n) is 4.56. The molecule has 1 heterocycles. The summed E-state index contributed by atoms with van der Waals surface area (Å²) in [6, 6.07) is 17.9. The molecule has 3 aromatic carbocycles. The lowest BCUT2D eigenvalue weighted by Gasteiger charge is -2.13. The van der Waals surface area contributed by atoms with Crippen molar-refractivity contribution in [3.63, 3.8) is 0 Å². The van der Waals surface area contributed by atoms with Gasteiger partial charge in [-0.05, 0) is 36.4 Å². The lowest BCUT2D eigenvalue weighted by atomic mass is 10.2. The minimum absolute atomic E-state index is 0.121. The smallest absolute Gasteiger partial charge is 0.343 e. The van der Waals surface area contributed by atoms with Crippen LogP contribution in [0, 0.1) is 0 Å². The summed E-state index contributed by atoms with van der Waals surface area (Å²) in [5.41, 5.74) is 1.06. The van der Waals surface area contributed by atoms with Crippen molar-refractivity contribution in [2.45, 2.75) is 4.90 Å². The third-order valence-corrected chi connectivity index (χ3v) is 5.90. The molecule has 158 valence electrons. The van der Waals surface area contributed by atoms with E-state index in [0.29, 0.717) is 22.7 Å². The SMILES string of the molecule is COc1cc(OC)cc(C(=O)Oc2ccccc2NC2=NS(=O)(=O)c3ccccc32)c1. The van der Waals surface area contributed by atoms with Gasteiger partial charge in [0.05, 0.1) is 25.5 Å². The summed E-state index contributed by atoms with van der Waals surface area (Å²) >= 11 is 0. The molecule has 0 saturated heterocycles. The quantitative estimate of drug-likeness (QED) is 0.480. The molecule has 8 nitrogen and oxygen atoms in total. The molecule has 4 rings (SSSR count). The number of fused-ring (bicyclic) bond motifs is 1. The first-order chi connectivity index (χ1) is 14.9. The maximum absolute atomic E-state index is 12.8. The van der Waals surface area contributed by atoms with Gasteiger partial charge in [0.25, 0.3) is 10.0 Å². The highest BCUT2D eigenvalue weighted by molar-refractivity contribution is 7.90. The van der Waals surface area contributed by atoms with E-state index >= 15 is 0 Å². The van der Waals surface area contributed by atoms with Gasteiger partial charge in [0.2, 0.25) is 0 Å². The van der Waals surface area contributed by atoms with E-state index in [4.69, 9.17) is 14.2 Å². The number of rotatable bonds is 5. The summed E-state index contributed by atoms with van der Waals surface area (Å²) in [5, 5.41) is 2.97. The normalized spacial score (nSPS) is 13.7. The number of para-hydroxylation sites is 2. The van der Waals surface area contributed by atoms with Crippen molar-refractivity contribution in [1.29, 1.82) is 0 Å². The molecule has 1 N–H and O–H groups in total. The van der Waals surface area contributed by atoms with Crippen molar-refractivity contribution < 1.29 is 27.4 Å². The number of hydrogen-bond acceptors (Lipinski definition) is 7. The molecule has 9 heteroatoms. The number of carbonyl (C=O) groups excluding carboxylic acids is 1. The summed E-state index contributed by atoms with van der Waals surface area (Å²) in [5.74, 6) is 0.619. The zero-order valence-corrected chi connectivity index (χ0v) is 17.5. The van der Waals surface area contributed by atoms with Crippen LogP contribution in [-0.4, -0.2) is 34.4 Å². The monoisotopic (exact) mass is 438 g/mol. The van der Waals surface area contributed by atoms with Crippen molar-refractivity contribution >= 4 is 27.5 Å². The van der Waals surface area contributed by atoms with Gasteiger partial charge in [-0.25, -0.2) is 4.79 Å². The van der Waals surface area contributed by atoms with Crippen LogP contribution in [0.25, 0.3) is 0 Å². The molecule has 0 atom stereocenters. The van der Waals surface area contributed by atoms with Crippen LogP contribution in [0.1, 0.15) is 15.9 Å². The fourth-order valence-electron chi connectivity index (χ4n) is 3.07. The van der Waals surface area contributed by atoms with Crippen molar-refractivity contribution in [3.05, 3.63) is 77.9 Å². The second-order valence-corrected chi connectivity index (χ2v) is 8.10. The molecule has 31 heavy (non-hydrogen) atoms. The molecule has 0 bridgehead atoms. The molecule has 1 aliphatic rings. The molecule has 0 radical (unpaired) electrons. The predicted octanol–water partition coefficient (Wildman–Crippen LogP) is 3.48. The van der Waals surface area contributed by atoms with Crippen molar-refractivity contribution in [2.24, 2.45) is 4.40 Å².